The van der Waals surface area contributed by atoms with E-state index in [0.717, 1.165) is 5.92 Å². The summed E-state index contributed by atoms with van der Waals surface area (Å²) in [6, 6.07) is 4.48. The minimum atomic E-state index is 1.04. The molecule has 0 bridgehead atoms. The van der Waals surface area contributed by atoms with Crippen molar-refractivity contribution in [2.45, 2.75) is 66.7 Å². The Morgan fingerprint density at radius 1 is 0.706 bits per heavy atom. The first kappa shape index (κ1) is 14.3. The van der Waals surface area contributed by atoms with E-state index in [0.29, 0.717) is 0 Å². The molecule has 1 aromatic rings. The van der Waals surface area contributed by atoms with Gasteiger partial charge < -0.3 is 0 Å². The fraction of sp³-hybridized carbons (Fsp3) is 0.647. The summed E-state index contributed by atoms with van der Waals surface area (Å²) in [6.45, 7) is 11.0. The molecule has 0 atom stereocenters. The number of hydrogen-bond acceptors (Lipinski definition) is 0. The molecular formula is C17H28. The van der Waals surface area contributed by atoms with Crippen LogP contribution in [-0.2, 0) is 0 Å². The number of benzene rings is 1. The van der Waals surface area contributed by atoms with E-state index in [1.54, 1.807) is 0 Å². The fourth-order valence-corrected chi connectivity index (χ4v) is 2.41. The van der Waals surface area contributed by atoms with Gasteiger partial charge >= 0.3 is 0 Å². The van der Waals surface area contributed by atoms with Gasteiger partial charge in [-0.3, -0.25) is 0 Å². The molecule has 1 saturated carbocycles. The van der Waals surface area contributed by atoms with Crippen LogP contribution in [0.25, 0.3) is 0 Å². The van der Waals surface area contributed by atoms with Gasteiger partial charge in [0.25, 0.3) is 0 Å². The lowest BCUT2D eigenvalue weighted by atomic mass is 9.91. The molecular weight excluding hydrogens is 204 g/mol. The van der Waals surface area contributed by atoms with Gasteiger partial charge in [0.05, 0.1) is 0 Å². The van der Waals surface area contributed by atoms with Crippen molar-refractivity contribution in [2.24, 2.45) is 5.92 Å². The molecule has 0 aromatic heterocycles. The SMILES string of the molecule is CC1CCCCC1.Cc1cc(C)c(C)cc1C. The van der Waals surface area contributed by atoms with Crippen LogP contribution in [-0.4, -0.2) is 0 Å². The van der Waals surface area contributed by atoms with Crippen molar-refractivity contribution < 1.29 is 0 Å². The smallest absolute Gasteiger partial charge is 0.0395 e. The first-order valence-electron chi connectivity index (χ1n) is 7.05. The molecule has 0 N–H and O–H groups in total. The number of hydrogen-bond donors (Lipinski definition) is 0. The van der Waals surface area contributed by atoms with Crippen LogP contribution in [0.5, 0.6) is 0 Å². The zero-order valence-corrected chi connectivity index (χ0v) is 12.3. The highest BCUT2D eigenvalue weighted by Crippen LogP contribution is 2.22. The molecule has 1 fully saturated rings. The molecule has 1 aliphatic rings. The Balaban J connectivity index is 0.000000181. The van der Waals surface area contributed by atoms with Crippen LogP contribution in [0.1, 0.15) is 61.3 Å². The summed E-state index contributed by atoms with van der Waals surface area (Å²) in [5.74, 6) is 1.04. The standard InChI is InChI=1S/C10H14.C7H14/c1-7-5-9(3)10(4)6-8(7)2;1-7-5-3-2-4-6-7/h5-6H,1-4H3;7H,2-6H2,1H3. The lowest BCUT2D eigenvalue weighted by Gasteiger charge is -2.15. The first-order chi connectivity index (χ1) is 8.00. The molecule has 0 unspecified atom stereocenters. The summed E-state index contributed by atoms with van der Waals surface area (Å²) in [6.07, 6.45) is 7.44. The van der Waals surface area contributed by atoms with Gasteiger partial charge in [-0.25, -0.2) is 0 Å². The van der Waals surface area contributed by atoms with Gasteiger partial charge in [-0.15, -0.1) is 0 Å². The third kappa shape index (κ3) is 4.93. The van der Waals surface area contributed by atoms with Crippen LogP contribution in [0, 0.1) is 33.6 Å². The van der Waals surface area contributed by atoms with Crippen molar-refractivity contribution >= 4 is 0 Å². The minimum absolute atomic E-state index is 1.04. The lowest BCUT2D eigenvalue weighted by molar-refractivity contribution is 0.385. The molecule has 17 heavy (non-hydrogen) atoms. The third-order valence-corrected chi connectivity index (χ3v) is 4.00. The van der Waals surface area contributed by atoms with Crippen LogP contribution >= 0.6 is 0 Å². The molecule has 0 radical (unpaired) electrons. The predicted octanol–water partition coefficient (Wildman–Crippen LogP) is 5.51. The maximum Gasteiger partial charge on any atom is -0.0395 e. The Labute approximate surface area is 107 Å². The molecule has 0 amide bonds. The van der Waals surface area contributed by atoms with Crippen molar-refractivity contribution in [3.63, 3.8) is 0 Å². The van der Waals surface area contributed by atoms with E-state index in [4.69, 9.17) is 0 Å². The van der Waals surface area contributed by atoms with Crippen molar-refractivity contribution in [1.29, 1.82) is 0 Å². The molecule has 96 valence electrons. The second-order valence-electron chi connectivity index (χ2n) is 5.76. The van der Waals surface area contributed by atoms with Crippen LogP contribution in [0.4, 0.5) is 0 Å². The van der Waals surface area contributed by atoms with Crippen LogP contribution < -0.4 is 0 Å². The van der Waals surface area contributed by atoms with E-state index < -0.39 is 0 Å². The van der Waals surface area contributed by atoms with Gasteiger partial charge in [0.2, 0.25) is 0 Å². The first-order valence-corrected chi connectivity index (χ1v) is 7.05. The van der Waals surface area contributed by atoms with E-state index >= 15 is 0 Å². The van der Waals surface area contributed by atoms with Crippen LogP contribution in [0.15, 0.2) is 12.1 Å². The second kappa shape index (κ2) is 6.83. The zero-order chi connectivity index (χ0) is 12.8. The Kier molecular flexibility index (Phi) is 5.74. The van der Waals surface area contributed by atoms with Gasteiger partial charge in [0.1, 0.15) is 0 Å². The van der Waals surface area contributed by atoms with E-state index in [9.17, 15) is 0 Å². The Morgan fingerprint density at radius 3 is 1.29 bits per heavy atom. The zero-order valence-electron chi connectivity index (χ0n) is 12.3. The third-order valence-electron chi connectivity index (χ3n) is 4.00. The van der Waals surface area contributed by atoms with E-state index in [-0.39, 0.29) is 0 Å². The lowest BCUT2D eigenvalue weighted by Crippen LogP contribution is -1.99. The Hall–Kier alpha value is -0.780. The van der Waals surface area contributed by atoms with E-state index in [1.807, 2.05) is 0 Å². The van der Waals surface area contributed by atoms with Gasteiger partial charge in [-0.1, -0.05) is 51.2 Å². The molecule has 0 heterocycles. The maximum absolute atomic E-state index is 2.36. The Morgan fingerprint density at radius 2 is 1.06 bits per heavy atom. The largest absolute Gasteiger partial charge is 0.0625 e. The molecule has 0 nitrogen and oxygen atoms in total. The molecule has 0 heteroatoms. The quantitative estimate of drug-likeness (QED) is 0.553. The van der Waals surface area contributed by atoms with E-state index in [1.165, 1.54) is 54.4 Å². The van der Waals surface area contributed by atoms with Crippen LogP contribution in [0.2, 0.25) is 0 Å². The summed E-state index contributed by atoms with van der Waals surface area (Å²) in [4.78, 5) is 0. The highest BCUT2D eigenvalue weighted by molar-refractivity contribution is 5.35. The van der Waals surface area contributed by atoms with Crippen molar-refractivity contribution in [3.8, 4) is 0 Å². The van der Waals surface area contributed by atoms with Crippen molar-refractivity contribution in [3.05, 3.63) is 34.4 Å². The molecule has 1 aromatic carbocycles. The summed E-state index contributed by atoms with van der Waals surface area (Å²) < 4.78 is 0. The average Bonchev–Trinajstić information content (AvgIpc) is 2.28. The highest BCUT2D eigenvalue weighted by atomic mass is 14.1. The average molecular weight is 232 g/mol. The minimum Gasteiger partial charge on any atom is -0.0625 e. The van der Waals surface area contributed by atoms with Crippen LogP contribution in [0.3, 0.4) is 0 Å². The van der Waals surface area contributed by atoms with Gasteiger partial charge in [0.15, 0.2) is 0 Å². The summed E-state index contributed by atoms with van der Waals surface area (Å²) in [5, 5.41) is 0. The van der Waals surface area contributed by atoms with Crippen molar-refractivity contribution in [1.82, 2.24) is 0 Å². The Bertz CT molecular complexity index is 293. The number of aryl methyl sites for hydroxylation is 4. The second-order valence-corrected chi connectivity index (χ2v) is 5.76. The normalized spacial score (nSPS) is 16.3. The fourth-order valence-electron chi connectivity index (χ4n) is 2.41. The summed E-state index contributed by atoms with van der Waals surface area (Å²) in [5.41, 5.74) is 5.57. The predicted molar refractivity (Wildman–Crippen MR) is 77.6 cm³/mol. The molecule has 1 aliphatic carbocycles. The van der Waals surface area contributed by atoms with Gasteiger partial charge in [-0.05, 0) is 55.9 Å². The molecule has 2 rings (SSSR count). The topological polar surface area (TPSA) is 0 Å². The summed E-state index contributed by atoms with van der Waals surface area (Å²) in [7, 11) is 0. The number of rotatable bonds is 0. The van der Waals surface area contributed by atoms with Crippen molar-refractivity contribution in [2.75, 3.05) is 0 Å². The summed E-state index contributed by atoms with van der Waals surface area (Å²) >= 11 is 0. The highest BCUT2D eigenvalue weighted by Gasteiger charge is 2.05. The maximum atomic E-state index is 2.36. The molecule has 0 saturated heterocycles. The molecule has 0 spiro atoms. The molecule has 0 aliphatic heterocycles. The van der Waals surface area contributed by atoms with Gasteiger partial charge in [0, 0.05) is 0 Å². The van der Waals surface area contributed by atoms with Gasteiger partial charge in [-0.2, -0.15) is 0 Å². The monoisotopic (exact) mass is 232 g/mol. The van der Waals surface area contributed by atoms with E-state index in [2.05, 4.69) is 46.8 Å².